The van der Waals surface area contributed by atoms with Gasteiger partial charge in [-0.25, -0.2) is 0 Å². The van der Waals surface area contributed by atoms with Gasteiger partial charge in [0.25, 0.3) is 0 Å². The molecule has 0 saturated heterocycles. The maximum atomic E-state index is 12.1. The zero-order chi connectivity index (χ0) is 16.3. The Hall–Kier alpha value is -1.59. The average molecular weight is 325 g/mol. The van der Waals surface area contributed by atoms with Gasteiger partial charge < -0.3 is 15.3 Å². The van der Waals surface area contributed by atoms with Crippen molar-refractivity contribution in [2.24, 2.45) is 5.92 Å². The lowest BCUT2D eigenvalue weighted by Gasteiger charge is -2.22. The minimum absolute atomic E-state index is 0.0457. The molecule has 1 saturated carbocycles. The van der Waals surface area contributed by atoms with Crippen LogP contribution in [0.2, 0.25) is 5.02 Å². The van der Waals surface area contributed by atoms with Gasteiger partial charge in [0.1, 0.15) is 0 Å². The Kier molecular flexibility index (Phi) is 5.42. The normalized spacial score (nSPS) is 20.7. The summed E-state index contributed by atoms with van der Waals surface area (Å²) < 4.78 is 0. The third-order valence-electron chi connectivity index (χ3n) is 4.04. The van der Waals surface area contributed by atoms with Crippen molar-refractivity contribution in [3.8, 4) is 0 Å². The largest absolute Gasteiger partial charge is 0.393 e. The third-order valence-corrected chi connectivity index (χ3v) is 4.37. The summed E-state index contributed by atoms with van der Waals surface area (Å²) >= 11 is 6.01. The van der Waals surface area contributed by atoms with Crippen LogP contribution in [0.15, 0.2) is 18.2 Å². The van der Waals surface area contributed by atoms with Crippen LogP contribution in [0.1, 0.15) is 24.8 Å². The number of carbonyl (C=O) groups is 2. The van der Waals surface area contributed by atoms with E-state index in [9.17, 15) is 14.7 Å². The van der Waals surface area contributed by atoms with Crippen molar-refractivity contribution in [3.05, 3.63) is 28.8 Å². The lowest BCUT2D eigenvalue weighted by atomic mass is 10.1. The topological polar surface area (TPSA) is 69.6 Å². The smallest absolute Gasteiger partial charge is 0.313 e. The SMILES string of the molecule is Cc1ccc(Cl)c(NC(=O)C(=O)N(C)CC2CCCC2O)c1. The lowest BCUT2D eigenvalue weighted by Crippen LogP contribution is -2.41. The number of anilines is 1. The molecule has 0 aliphatic heterocycles. The fraction of sp³-hybridized carbons (Fsp3) is 0.500. The fourth-order valence-electron chi connectivity index (χ4n) is 2.75. The van der Waals surface area contributed by atoms with E-state index in [2.05, 4.69) is 5.32 Å². The molecule has 0 spiro atoms. The van der Waals surface area contributed by atoms with Gasteiger partial charge in [0.15, 0.2) is 0 Å². The number of hydrogen-bond donors (Lipinski definition) is 2. The van der Waals surface area contributed by atoms with E-state index in [4.69, 9.17) is 11.6 Å². The van der Waals surface area contributed by atoms with Crippen molar-refractivity contribution < 1.29 is 14.7 Å². The van der Waals surface area contributed by atoms with Gasteiger partial charge >= 0.3 is 11.8 Å². The number of halogens is 1. The summed E-state index contributed by atoms with van der Waals surface area (Å²) in [7, 11) is 1.57. The molecule has 1 fully saturated rings. The molecular formula is C16H21ClN2O3. The van der Waals surface area contributed by atoms with Crippen molar-refractivity contribution in [3.63, 3.8) is 0 Å². The average Bonchev–Trinajstić information content (AvgIpc) is 2.87. The second kappa shape index (κ2) is 7.11. The predicted molar refractivity (Wildman–Crippen MR) is 85.8 cm³/mol. The molecule has 5 nitrogen and oxygen atoms in total. The number of benzene rings is 1. The highest BCUT2D eigenvalue weighted by Gasteiger charge is 2.29. The molecule has 0 aromatic heterocycles. The van der Waals surface area contributed by atoms with Gasteiger partial charge in [0, 0.05) is 19.5 Å². The molecule has 2 amide bonds. The van der Waals surface area contributed by atoms with Crippen LogP contribution in [0, 0.1) is 12.8 Å². The number of aliphatic hydroxyl groups excluding tert-OH is 1. The van der Waals surface area contributed by atoms with E-state index in [1.165, 1.54) is 4.90 Å². The highest BCUT2D eigenvalue weighted by molar-refractivity contribution is 6.41. The second-order valence-corrected chi connectivity index (χ2v) is 6.29. The van der Waals surface area contributed by atoms with E-state index in [1.807, 2.05) is 13.0 Å². The number of nitrogens with one attached hydrogen (secondary N) is 1. The molecule has 0 bridgehead atoms. The van der Waals surface area contributed by atoms with Gasteiger partial charge in [-0.3, -0.25) is 9.59 Å². The molecule has 2 unspecified atom stereocenters. The minimum atomic E-state index is -0.720. The van der Waals surface area contributed by atoms with Gasteiger partial charge in [0.2, 0.25) is 0 Å². The quantitative estimate of drug-likeness (QED) is 0.837. The summed E-state index contributed by atoms with van der Waals surface area (Å²) in [5, 5.41) is 12.7. The summed E-state index contributed by atoms with van der Waals surface area (Å²) in [4.78, 5) is 25.5. The van der Waals surface area contributed by atoms with Crippen LogP contribution in [-0.4, -0.2) is 41.5 Å². The Morgan fingerprint density at radius 1 is 1.41 bits per heavy atom. The standard InChI is InChI=1S/C16H21ClN2O3/c1-10-6-7-12(17)13(8-10)18-15(21)16(22)19(2)9-11-4-3-5-14(11)20/h6-8,11,14,20H,3-5,9H2,1-2H3,(H,18,21). The number of hydrogen-bond acceptors (Lipinski definition) is 3. The molecule has 0 radical (unpaired) electrons. The molecule has 1 aromatic carbocycles. The molecule has 6 heteroatoms. The van der Waals surface area contributed by atoms with Crippen molar-refractivity contribution in [1.29, 1.82) is 0 Å². The van der Waals surface area contributed by atoms with Crippen molar-refractivity contribution >= 4 is 29.1 Å². The Morgan fingerprint density at radius 3 is 2.77 bits per heavy atom. The fourth-order valence-corrected chi connectivity index (χ4v) is 2.91. The molecule has 120 valence electrons. The third kappa shape index (κ3) is 3.99. The zero-order valence-corrected chi connectivity index (χ0v) is 13.6. The Morgan fingerprint density at radius 2 is 2.14 bits per heavy atom. The molecule has 0 heterocycles. The van der Waals surface area contributed by atoms with Crippen LogP contribution in [0.5, 0.6) is 0 Å². The molecule has 2 N–H and O–H groups in total. The van der Waals surface area contributed by atoms with Gasteiger partial charge in [0.05, 0.1) is 16.8 Å². The first kappa shape index (κ1) is 16.8. The summed E-state index contributed by atoms with van der Waals surface area (Å²) in [6, 6.07) is 5.22. The van der Waals surface area contributed by atoms with E-state index in [1.54, 1.807) is 19.2 Å². The Labute approximate surface area is 135 Å². The molecule has 22 heavy (non-hydrogen) atoms. The van der Waals surface area contributed by atoms with E-state index in [0.717, 1.165) is 24.8 Å². The molecule has 1 aliphatic carbocycles. The summed E-state index contributed by atoms with van der Waals surface area (Å²) in [6.45, 7) is 2.26. The molecule has 1 aromatic rings. The number of carbonyl (C=O) groups excluding carboxylic acids is 2. The Bertz CT molecular complexity index is 577. The van der Waals surface area contributed by atoms with Gasteiger partial charge in [-0.1, -0.05) is 24.1 Å². The molecule has 2 atom stereocenters. The van der Waals surface area contributed by atoms with Crippen LogP contribution >= 0.6 is 11.6 Å². The van der Waals surface area contributed by atoms with Gasteiger partial charge in [-0.2, -0.15) is 0 Å². The monoisotopic (exact) mass is 324 g/mol. The molecule has 2 rings (SSSR count). The zero-order valence-electron chi connectivity index (χ0n) is 12.8. The first-order chi connectivity index (χ1) is 10.4. The minimum Gasteiger partial charge on any atom is -0.393 e. The summed E-state index contributed by atoms with van der Waals surface area (Å²) in [5.41, 5.74) is 1.36. The summed E-state index contributed by atoms with van der Waals surface area (Å²) in [5.74, 6) is -1.30. The number of amides is 2. The van der Waals surface area contributed by atoms with E-state index in [-0.39, 0.29) is 12.0 Å². The maximum Gasteiger partial charge on any atom is 0.313 e. The van der Waals surface area contributed by atoms with Crippen LogP contribution in [0.3, 0.4) is 0 Å². The Balaban J connectivity index is 1.96. The number of nitrogens with zero attached hydrogens (tertiary/aromatic N) is 1. The van der Waals surface area contributed by atoms with E-state index < -0.39 is 11.8 Å². The maximum absolute atomic E-state index is 12.1. The van der Waals surface area contributed by atoms with Crippen LogP contribution in [-0.2, 0) is 9.59 Å². The van der Waals surface area contributed by atoms with Crippen LogP contribution in [0.4, 0.5) is 5.69 Å². The van der Waals surface area contributed by atoms with Crippen molar-refractivity contribution in [1.82, 2.24) is 4.90 Å². The number of aryl methyl sites for hydroxylation is 1. The van der Waals surface area contributed by atoms with Gasteiger partial charge in [-0.05, 0) is 37.5 Å². The van der Waals surface area contributed by atoms with Gasteiger partial charge in [-0.15, -0.1) is 0 Å². The highest BCUT2D eigenvalue weighted by Crippen LogP contribution is 2.26. The summed E-state index contributed by atoms with van der Waals surface area (Å²) in [6.07, 6.45) is 2.21. The first-order valence-electron chi connectivity index (χ1n) is 7.39. The number of aliphatic hydroxyl groups is 1. The van der Waals surface area contributed by atoms with Crippen LogP contribution < -0.4 is 5.32 Å². The van der Waals surface area contributed by atoms with E-state index >= 15 is 0 Å². The number of likely N-dealkylation sites (N-methyl/N-ethyl adjacent to an activating group) is 1. The predicted octanol–water partition coefficient (Wildman–Crippen LogP) is 2.21. The second-order valence-electron chi connectivity index (χ2n) is 5.88. The van der Waals surface area contributed by atoms with E-state index in [0.29, 0.717) is 17.3 Å². The first-order valence-corrected chi connectivity index (χ1v) is 7.77. The van der Waals surface area contributed by atoms with Crippen molar-refractivity contribution in [2.75, 3.05) is 18.9 Å². The highest BCUT2D eigenvalue weighted by atomic mass is 35.5. The number of rotatable bonds is 3. The van der Waals surface area contributed by atoms with Crippen LogP contribution in [0.25, 0.3) is 0 Å². The lowest BCUT2D eigenvalue weighted by molar-refractivity contribution is -0.142. The molecule has 1 aliphatic rings. The van der Waals surface area contributed by atoms with Crippen molar-refractivity contribution in [2.45, 2.75) is 32.3 Å². The molecular weight excluding hydrogens is 304 g/mol.